The van der Waals surface area contributed by atoms with Gasteiger partial charge in [0.1, 0.15) is 22.3 Å². The van der Waals surface area contributed by atoms with Gasteiger partial charge in [-0.25, -0.2) is 4.98 Å². The van der Waals surface area contributed by atoms with Crippen LogP contribution in [0.5, 0.6) is 0 Å². The Morgan fingerprint density at radius 1 is 0.500 bits per heavy atom. The Labute approximate surface area is 255 Å². The molecule has 0 N–H and O–H groups in total. The topological polar surface area (TPSA) is 42.4 Å². The zero-order valence-corrected chi connectivity index (χ0v) is 24.1. The van der Waals surface area contributed by atoms with Gasteiger partial charge in [-0.3, -0.25) is 4.90 Å². The predicted molar refractivity (Wildman–Crippen MR) is 184 cm³/mol. The van der Waals surface area contributed by atoms with Crippen molar-refractivity contribution in [2.24, 2.45) is 0 Å². The molecule has 0 bridgehead atoms. The number of pyridine rings is 1. The number of anilines is 3. The average molecular weight is 583 g/mol. The maximum absolute atomic E-state index is 6.20. The molecule has 4 nitrogen and oxygen atoms in total. The van der Waals surface area contributed by atoms with E-state index in [4.69, 9.17) is 13.8 Å². The van der Waals surface area contributed by atoms with Gasteiger partial charge >= 0.3 is 0 Å². The lowest BCUT2D eigenvalue weighted by Crippen LogP contribution is -2.11. The first-order chi connectivity index (χ1) is 21.8. The van der Waals surface area contributed by atoms with Gasteiger partial charge in [-0.15, -0.1) is 11.3 Å². The summed E-state index contributed by atoms with van der Waals surface area (Å²) in [4.78, 5) is 7.36. The minimum Gasteiger partial charge on any atom is -0.456 e. The van der Waals surface area contributed by atoms with E-state index in [1.165, 1.54) is 26.2 Å². The standard InChI is InChI=1S/C39H22N2O2S/c1-2-8-26-23(7-1)13-18-36-37(26)29-19-20-40-39(38(29)44-36)41(24-14-16-34-30(21-24)27-9-3-5-11-32(27)42-34)25-15-17-35-31(22-25)28-10-4-6-12-33(28)43-35/h1-22H. The Bertz CT molecular complexity index is 2640. The number of hydrogen-bond acceptors (Lipinski definition) is 5. The molecule has 44 heavy (non-hydrogen) atoms. The van der Waals surface area contributed by atoms with Crippen molar-refractivity contribution in [3.8, 4) is 0 Å². The van der Waals surface area contributed by atoms with E-state index in [1.54, 1.807) is 11.3 Å². The molecule has 0 fully saturated rings. The molecule has 0 saturated heterocycles. The predicted octanol–water partition coefficient (Wildman–Crippen LogP) is 11.9. The first-order valence-corrected chi connectivity index (χ1v) is 15.4. The van der Waals surface area contributed by atoms with Gasteiger partial charge in [0.15, 0.2) is 5.82 Å². The van der Waals surface area contributed by atoms with Gasteiger partial charge in [0.05, 0.1) is 4.70 Å². The normalized spacial score (nSPS) is 12.1. The number of furan rings is 2. The highest BCUT2D eigenvalue weighted by Gasteiger charge is 2.22. The molecule has 5 heteroatoms. The highest BCUT2D eigenvalue weighted by Crippen LogP contribution is 2.47. The fourth-order valence-corrected chi connectivity index (χ4v) is 7.91. The van der Waals surface area contributed by atoms with E-state index >= 15 is 0 Å². The Kier molecular flexibility index (Phi) is 4.84. The summed E-state index contributed by atoms with van der Waals surface area (Å²) in [5.41, 5.74) is 5.52. The molecule has 0 aliphatic rings. The summed E-state index contributed by atoms with van der Waals surface area (Å²) in [6.07, 6.45) is 1.94. The minimum atomic E-state index is 0.866. The van der Waals surface area contributed by atoms with Crippen LogP contribution in [-0.4, -0.2) is 4.98 Å². The zero-order chi connectivity index (χ0) is 28.8. The first-order valence-electron chi connectivity index (χ1n) is 14.6. The van der Waals surface area contributed by atoms with Crippen LogP contribution >= 0.6 is 11.3 Å². The molecule has 4 aromatic heterocycles. The van der Waals surface area contributed by atoms with Gasteiger partial charge in [-0.05, 0) is 71.4 Å². The van der Waals surface area contributed by atoms with E-state index in [-0.39, 0.29) is 0 Å². The third kappa shape index (κ3) is 3.36. The molecule has 4 heterocycles. The molecule has 0 unspecified atom stereocenters. The van der Waals surface area contributed by atoms with Crippen LogP contribution in [-0.2, 0) is 0 Å². The average Bonchev–Trinajstić information content (AvgIpc) is 3.76. The van der Waals surface area contributed by atoms with Gasteiger partial charge in [0.25, 0.3) is 0 Å². The van der Waals surface area contributed by atoms with Crippen LogP contribution in [0.2, 0.25) is 0 Å². The third-order valence-electron chi connectivity index (χ3n) is 8.71. The minimum absolute atomic E-state index is 0.866. The smallest absolute Gasteiger partial charge is 0.155 e. The van der Waals surface area contributed by atoms with E-state index in [1.807, 2.05) is 30.5 Å². The van der Waals surface area contributed by atoms with Crippen LogP contribution < -0.4 is 4.90 Å². The Morgan fingerprint density at radius 3 is 1.77 bits per heavy atom. The molecule has 0 spiro atoms. The van der Waals surface area contributed by atoms with Gasteiger partial charge < -0.3 is 8.83 Å². The van der Waals surface area contributed by atoms with E-state index in [0.717, 1.165) is 65.8 Å². The number of benzene rings is 6. The summed E-state index contributed by atoms with van der Waals surface area (Å²) in [7, 11) is 0. The molecule has 10 rings (SSSR count). The van der Waals surface area contributed by atoms with Gasteiger partial charge in [0, 0.05) is 54.6 Å². The van der Waals surface area contributed by atoms with Crippen molar-refractivity contribution in [2.75, 3.05) is 4.90 Å². The lowest BCUT2D eigenvalue weighted by molar-refractivity contribution is 0.668. The van der Waals surface area contributed by atoms with Crippen molar-refractivity contribution in [3.63, 3.8) is 0 Å². The molecule has 0 saturated carbocycles. The van der Waals surface area contributed by atoms with E-state index in [0.29, 0.717) is 0 Å². The molecule has 10 aromatic rings. The van der Waals surface area contributed by atoms with Crippen molar-refractivity contribution in [2.45, 2.75) is 0 Å². The molecule has 0 aliphatic carbocycles. The van der Waals surface area contributed by atoms with Crippen LogP contribution in [0.15, 0.2) is 142 Å². The molecule has 0 atom stereocenters. The summed E-state index contributed by atoms with van der Waals surface area (Å²) in [5.74, 6) is 0.895. The second kappa shape index (κ2) is 8.93. The largest absolute Gasteiger partial charge is 0.456 e. The summed E-state index contributed by atoms with van der Waals surface area (Å²) >= 11 is 1.80. The highest BCUT2D eigenvalue weighted by molar-refractivity contribution is 7.26. The molecule has 0 amide bonds. The SMILES string of the molecule is c1ccc2c(c1)ccc1sc3c(N(c4ccc5oc6ccccc6c5c4)c4ccc5oc6ccccc6c5c4)nccc3c12. The van der Waals surface area contributed by atoms with Crippen molar-refractivity contribution < 1.29 is 8.83 Å². The van der Waals surface area contributed by atoms with Gasteiger partial charge in [0.2, 0.25) is 0 Å². The van der Waals surface area contributed by atoms with Crippen LogP contribution in [0.25, 0.3) is 74.8 Å². The Morgan fingerprint density at radius 2 is 1.09 bits per heavy atom. The fourth-order valence-electron chi connectivity index (χ4n) is 6.72. The number of para-hydroxylation sites is 2. The third-order valence-corrected chi connectivity index (χ3v) is 9.87. The summed E-state index contributed by atoms with van der Waals surface area (Å²) in [5, 5.41) is 9.34. The number of thiophene rings is 1. The van der Waals surface area contributed by atoms with E-state index in [9.17, 15) is 0 Å². The van der Waals surface area contributed by atoms with Crippen LogP contribution in [0.1, 0.15) is 0 Å². The monoisotopic (exact) mass is 582 g/mol. The summed E-state index contributed by atoms with van der Waals surface area (Å²) < 4.78 is 14.8. The molecular weight excluding hydrogens is 561 g/mol. The maximum Gasteiger partial charge on any atom is 0.155 e. The van der Waals surface area contributed by atoms with Crippen molar-refractivity contribution in [3.05, 3.63) is 134 Å². The molecule has 6 aromatic carbocycles. The van der Waals surface area contributed by atoms with Gasteiger partial charge in [-0.2, -0.15) is 0 Å². The van der Waals surface area contributed by atoms with Crippen LogP contribution in [0.3, 0.4) is 0 Å². The van der Waals surface area contributed by atoms with Crippen molar-refractivity contribution in [1.29, 1.82) is 0 Å². The van der Waals surface area contributed by atoms with Crippen molar-refractivity contribution in [1.82, 2.24) is 4.98 Å². The summed E-state index contributed by atoms with van der Waals surface area (Å²) in [6.45, 7) is 0. The lowest BCUT2D eigenvalue weighted by Gasteiger charge is -2.25. The number of hydrogen-bond donors (Lipinski definition) is 0. The maximum atomic E-state index is 6.20. The molecular formula is C39H22N2O2S. The molecule has 0 radical (unpaired) electrons. The Balaban J connectivity index is 1.29. The van der Waals surface area contributed by atoms with Crippen LogP contribution in [0, 0.1) is 0 Å². The van der Waals surface area contributed by atoms with Crippen molar-refractivity contribution >= 4 is 103 Å². The Hall–Kier alpha value is -5.65. The number of nitrogens with zero attached hydrogens (tertiary/aromatic N) is 2. The number of rotatable bonds is 3. The number of fused-ring (bicyclic) bond motifs is 11. The second-order valence-corrected chi connectivity index (χ2v) is 12.2. The number of aromatic nitrogens is 1. The molecule has 206 valence electrons. The van der Waals surface area contributed by atoms with E-state index in [2.05, 4.69) is 108 Å². The fraction of sp³-hybridized carbons (Fsp3) is 0. The molecule has 0 aliphatic heterocycles. The first kappa shape index (κ1) is 23.9. The highest BCUT2D eigenvalue weighted by atomic mass is 32.1. The second-order valence-electron chi connectivity index (χ2n) is 11.2. The zero-order valence-electron chi connectivity index (χ0n) is 23.3. The van der Waals surface area contributed by atoms with Gasteiger partial charge in [-0.1, -0.05) is 66.7 Å². The van der Waals surface area contributed by atoms with Crippen LogP contribution in [0.4, 0.5) is 17.2 Å². The van der Waals surface area contributed by atoms with E-state index < -0.39 is 0 Å². The summed E-state index contributed by atoms with van der Waals surface area (Å²) in [6, 6.07) is 44.5. The quantitative estimate of drug-likeness (QED) is 0.208. The lowest BCUT2D eigenvalue weighted by atomic mass is 10.0.